The van der Waals surface area contributed by atoms with Gasteiger partial charge in [-0.3, -0.25) is 19.4 Å². The van der Waals surface area contributed by atoms with E-state index in [1.807, 2.05) is 13.8 Å². The van der Waals surface area contributed by atoms with Gasteiger partial charge in [-0.2, -0.15) is 0 Å². The van der Waals surface area contributed by atoms with E-state index in [0.717, 1.165) is 24.8 Å². The van der Waals surface area contributed by atoms with E-state index in [4.69, 9.17) is 0 Å². The summed E-state index contributed by atoms with van der Waals surface area (Å²) in [5.74, 6) is 0.328. The molecule has 1 amide bonds. The molecular weight excluding hydrogens is 408 g/mol. The molecule has 0 unspecified atom stereocenters. The number of hydrogen-bond donors (Lipinski definition) is 2. The average Bonchev–Trinajstić information content (AvgIpc) is 3.62. The number of ketones is 1. The normalized spacial score (nSPS) is 13.3. The van der Waals surface area contributed by atoms with E-state index in [9.17, 15) is 19.5 Å². The van der Waals surface area contributed by atoms with Crippen LogP contribution in [0.3, 0.4) is 0 Å². The van der Waals surface area contributed by atoms with E-state index >= 15 is 0 Å². The summed E-state index contributed by atoms with van der Waals surface area (Å²) in [7, 11) is 0. The van der Waals surface area contributed by atoms with Crippen molar-refractivity contribution in [1.82, 2.24) is 14.5 Å². The molecule has 1 aliphatic rings. The molecule has 3 aromatic rings. The molecule has 1 saturated carbocycles. The van der Waals surface area contributed by atoms with Gasteiger partial charge in [0.2, 0.25) is 5.91 Å². The van der Waals surface area contributed by atoms with Crippen LogP contribution in [-0.4, -0.2) is 37.9 Å². The topological polar surface area (TPSA) is 114 Å². The third-order valence-electron chi connectivity index (χ3n) is 5.66. The Morgan fingerprint density at radius 3 is 2.59 bits per heavy atom. The maximum absolute atomic E-state index is 13.3. The fourth-order valence-corrected chi connectivity index (χ4v) is 3.78. The Morgan fingerprint density at radius 2 is 1.94 bits per heavy atom. The quantitative estimate of drug-likeness (QED) is 0.527. The first kappa shape index (κ1) is 21.8. The number of aromatic nitrogens is 3. The molecule has 3 aromatic heterocycles. The Kier molecular flexibility index (Phi) is 6.14. The van der Waals surface area contributed by atoms with Crippen LogP contribution < -0.4 is 10.9 Å². The summed E-state index contributed by atoms with van der Waals surface area (Å²) in [6, 6.07) is 5.11. The molecule has 4 rings (SSSR count). The molecule has 1 aliphatic carbocycles. The van der Waals surface area contributed by atoms with Crippen LogP contribution in [0.5, 0.6) is 0 Å². The van der Waals surface area contributed by atoms with E-state index in [1.54, 1.807) is 30.6 Å². The van der Waals surface area contributed by atoms with Crippen LogP contribution in [0, 0.1) is 12.8 Å². The predicted octanol–water partition coefficient (Wildman–Crippen LogP) is 3.09. The van der Waals surface area contributed by atoms with Crippen molar-refractivity contribution in [3.05, 3.63) is 52.2 Å². The van der Waals surface area contributed by atoms with Crippen molar-refractivity contribution in [3.63, 3.8) is 0 Å². The first-order valence-corrected chi connectivity index (χ1v) is 10.9. The zero-order valence-electron chi connectivity index (χ0n) is 18.2. The molecule has 2 N–H and O–H groups in total. The van der Waals surface area contributed by atoms with E-state index in [2.05, 4.69) is 15.3 Å². The number of carbonyl (C=O) groups is 2. The molecule has 1 fully saturated rings. The van der Waals surface area contributed by atoms with Crippen molar-refractivity contribution >= 4 is 28.4 Å². The number of rotatable bonds is 8. The smallest absolute Gasteiger partial charge is 0.259 e. The number of amides is 1. The number of carbonyl (C=O) groups excluding carboxylic acids is 2. The van der Waals surface area contributed by atoms with Crippen molar-refractivity contribution in [3.8, 4) is 11.1 Å². The summed E-state index contributed by atoms with van der Waals surface area (Å²) in [4.78, 5) is 46.2. The number of nitrogens with zero attached hydrogens (tertiary/aromatic N) is 3. The van der Waals surface area contributed by atoms with Gasteiger partial charge in [0.25, 0.3) is 5.56 Å². The maximum atomic E-state index is 13.3. The van der Waals surface area contributed by atoms with Gasteiger partial charge in [-0.25, -0.2) is 4.98 Å². The second kappa shape index (κ2) is 9.00. The van der Waals surface area contributed by atoms with E-state index in [0.29, 0.717) is 40.0 Å². The number of Topliss-reactive ketones (excluding diaryl/α,β-unsaturated/α-hetero) is 1. The fourth-order valence-electron chi connectivity index (χ4n) is 3.78. The number of aliphatic hydroxyl groups is 1. The van der Waals surface area contributed by atoms with Crippen molar-refractivity contribution in [1.29, 1.82) is 0 Å². The third kappa shape index (κ3) is 4.31. The number of aryl methyl sites for hydroxylation is 1. The zero-order valence-corrected chi connectivity index (χ0v) is 18.2. The Labute approximate surface area is 185 Å². The number of anilines is 1. The molecule has 166 valence electrons. The molecule has 3 heterocycles. The van der Waals surface area contributed by atoms with Crippen molar-refractivity contribution in [2.45, 2.75) is 46.1 Å². The van der Waals surface area contributed by atoms with Gasteiger partial charge >= 0.3 is 0 Å². The van der Waals surface area contributed by atoms with E-state index in [1.165, 1.54) is 4.57 Å². The predicted molar refractivity (Wildman–Crippen MR) is 122 cm³/mol. The number of fused-ring (bicyclic) bond motifs is 1. The average molecular weight is 434 g/mol. The van der Waals surface area contributed by atoms with Crippen LogP contribution >= 0.6 is 0 Å². The zero-order chi connectivity index (χ0) is 22.8. The first-order chi connectivity index (χ1) is 15.4. The van der Waals surface area contributed by atoms with Gasteiger partial charge in [0, 0.05) is 53.9 Å². The molecule has 8 nitrogen and oxygen atoms in total. The van der Waals surface area contributed by atoms with E-state index in [-0.39, 0.29) is 36.3 Å². The van der Waals surface area contributed by atoms with Crippen LogP contribution in [0.4, 0.5) is 5.82 Å². The fraction of sp³-hybridized carbons (Fsp3) is 0.375. The minimum atomic E-state index is -0.283. The summed E-state index contributed by atoms with van der Waals surface area (Å²) < 4.78 is 1.48. The summed E-state index contributed by atoms with van der Waals surface area (Å²) >= 11 is 0. The van der Waals surface area contributed by atoms with Gasteiger partial charge < -0.3 is 15.0 Å². The highest BCUT2D eigenvalue weighted by Gasteiger charge is 2.29. The van der Waals surface area contributed by atoms with Gasteiger partial charge in [-0.05, 0) is 43.9 Å². The summed E-state index contributed by atoms with van der Waals surface area (Å²) in [6.07, 6.45) is 6.10. The van der Waals surface area contributed by atoms with Gasteiger partial charge in [-0.1, -0.05) is 6.92 Å². The van der Waals surface area contributed by atoms with Crippen molar-refractivity contribution in [2.75, 3.05) is 11.9 Å². The number of nitrogens with one attached hydrogen (secondary N) is 1. The number of aliphatic hydroxyl groups excluding tert-OH is 1. The van der Waals surface area contributed by atoms with Crippen LogP contribution in [0.2, 0.25) is 0 Å². The SMILES string of the molecule is CCCC(=O)c1cc(C)c(-c2cc3cnc(NC(=O)C4CC4)cc3n(CCO)c2=O)cn1. The molecule has 32 heavy (non-hydrogen) atoms. The van der Waals surface area contributed by atoms with Gasteiger partial charge in [0.1, 0.15) is 11.5 Å². The monoisotopic (exact) mass is 434 g/mol. The highest BCUT2D eigenvalue weighted by Crippen LogP contribution is 2.30. The second-order valence-electron chi connectivity index (χ2n) is 8.19. The molecule has 8 heteroatoms. The highest BCUT2D eigenvalue weighted by molar-refractivity contribution is 5.96. The van der Waals surface area contributed by atoms with Gasteiger partial charge in [0.15, 0.2) is 5.78 Å². The molecule has 0 aliphatic heterocycles. The highest BCUT2D eigenvalue weighted by atomic mass is 16.3. The molecule has 0 spiro atoms. The molecular formula is C24H26N4O4. The lowest BCUT2D eigenvalue weighted by Crippen LogP contribution is -2.24. The van der Waals surface area contributed by atoms with Gasteiger partial charge in [0.05, 0.1) is 12.1 Å². The summed E-state index contributed by atoms with van der Waals surface area (Å²) in [5, 5.41) is 13.1. The largest absolute Gasteiger partial charge is 0.395 e. The number of hydrogen-bond acceptors (Lipinski definition) is 6. The maximum Gasteiger partial charge on any atom is 0.259 e. The minimum Gasteiger partial charge on any atom is -0.395 e. The number of pyridine rings is 3. The minimum absolute atomic E-state index is 0.0247. The summed E-state index contributed by atoms with van der Waals surface area (Å²) in [6.45, 7) is 3.66. The summed E-state index contributed by atoms with van der Waals surface area (Å²) in [5.41, 5.74) is 2.50. The van der Waals surface area contributed by atoms with Crippen LogP contribution in [0.25, 0.3) is 22.0 Å². The van der Waals surface area contributed by atoms with Crippen molar-refractivity contribution < 1.29 is 14.7 Å². The first-order valence-electron chi connectivity index (χ1n) is 10.9. The Hall–Kier alpha value is -3.39. The Balaban J connectivity index is 1.79. The van der Waals surface area contributed by atoms with Crippen LogP contribution in [0.1, 0.15) is 48.7 Å². The lowest BCUT2D eigenvalue weighted by Gasteiger charge is -2.14. The lowest BCUT2D eigenvalue weighted by molar-refractivity contribution is -0.117. The molecule has 0 bridgehead atoms. The molecule has 0 atom stereocenters. The molecule has 0 aromatic carbocycles. The van der Waals surface area contributed by atoms with Crippen LogP contribution in [-0.2, 0) is 11.3 Å². The molecule has 0 saturated heterocycles. The van der Waals surface area contributed by atoms with E-state index < -0.39 is 0 Å². The lowest BCUT2D eigenvalue weighted by atomic mass is 10.0. The second-order valence-corrected chi connectivity index (χ2v) is 8.19. The third-order valence-corrected chi connectivity index (χ3v) is 5.66. The Morgan fingerprint density at radius 1 is 1.16 bits per heavy atom. The van der Waals surface area contributed by atoms with Gasteiger partial charge in [-0.15, -0.1) is 0 Å². The Bertz CT molecular complexity index is 1260. The van der Waals surface area contributed by atoms with Crippen LogP contribution in [0.15, 0.2) is 35.4 Å². The standard InChI is InChI=1S/C24H26N4O4/c1-3-4-21(30)19-9-14(2)18(13-25-19)17-10-16-12-26-22(27-23(31)15-5-6-15)11-20(16)28(7-8-29)24(17)32/h9-13,15,29H,3-8H2,1-2H3,(H,26,27,31). The van der Waals surface area contributed by atoms with Crippen molar-refractivity contribution in [2.24, 2.45) is 5.92 Å². The molecule has 0 radical (unpaired) electrons.